The summed E-state index contributed by atoms with van der Waals surface area (Å²) in [5, 5.41) is 14.2. The van der Waals surface area contributed by atoms with E-state index in [0.29, 0.717) is 6.61 Å². The summed E-state index contributed by atoms with van der Waals surface area (Å²) in [6.07, 6.45) is 1.73. The summed E-state index contributed by atoms with van der Waals surface area (Å²) < 4.78 is 13.7. The molecule has 0 aliphatic heterocycles. The van der Waals surface area contributed by atoms with Crippen LogP contribution in [0, 0.1) is 20.8 Å². The zero-order chi connectivity index (χ0) is 24.5. The van der Waals surface area contributed by atoms with Crippen molar-refractivity contribution in [3.8, 4) is 17.2 Å². The SMILES string of the molecule is CCOc1ccc(-n2c(C)c3c(C)nnc(CCc4cccc5ccccc45)c3c2C)c(OC)c1. The molecule has 35 heavy (non-hydrogen) atoms. The molecule has 0 N–H and O–H groups in total. The van der Waals surface area contributed by atoms with Gasteiger partial charge in [-0.05, 0) is 69.0 Å². The summed E-state index contributed by atoms with van der Waals surface area (Å²) in [6, 6.07) is 21.1. The maximum Gasteiger partial charge on any atom is 0.146 e. The number of methoxy groups -OCH3 is 1. The van der Waals surface area contributed by atoms with Crippen LogP contribution < -0.4 is 9.47 Å². The van der Waals surface area contributed by atoms with Gasteiger partial charge in [0.05, 0.1) is 30.8 Å². The van der Waals surface area contributed by atoms with Crippen molar-refractivity contribution in [1.29, 1.82) is 0 Å². The van der Waals surface area contributed by atoms with E-state index in [1.54, 1.807) is 7.11 Å². The first-order valence-electron chi connectivity index (χ1n) is 12.1. The summed E-state index contributed by atoms with van der Waals surface area (Å²) in [6.45, 7) is 8.94. The number of benzene rings is 3. The highest BCUT2D eigenvalue weighted by Gasteiger charge is 2.21. The molecule has 2 heterocycles. The largest absolute Gasteiger partial charge is 0.494 e. The quantitative estimate of drug-likeness (QED) is 0.269. The minimum Gasteiger partial charge on any atom is -0.494 e. The van der Waals surface area contributed by atoms with E-state index in [1.165, 1.54) is 27.1 Å². The van der Waals surface area contributed by atoms with Gasteiger partial charge in [0.15, 0.2) is 0 Å². The molecule has 0 unspecified atom stereocenters. The summed E-state index contributed by atoms with van der Waals surface area (Å²) >= 11 is 0. The molecule has 0 saturated heterocycles. The number of ether oxygens (including phenoxy) is 2. The van der Waals surface area contributed by atoms with Crippen LogP contribution in [0.4, 0.5) is 0 Å². The van der Waals surface area contributed by atoms with Gasteiger partial charge in [0.1, 0.15) is 11.5 Å². The summed E-state index contributed by atoms with van der Waals surface area (Å²) in [5.74, 6) is 1.58. The lowest BCUT2D eigenvalue weighted by Crippen LogP contribution is -2.03. The first kappa shape index (κ1) is 22.9. The molecule has 5 nitrogen and oxygen atoms in total. The van der Waals surface area contributed by atoms with E-state index in [9.17, 15) is 0 Å². The van der Waals surface area contributed by atoms with Crippen molar-refractivity contribution in [1.82, 2.24) is 14.8 Å². The molecule has 5 rings (SSSR count). The van der Waals surface area contributed by atoms with Crippen LogP contribution in [0.25, 0.3) is 27.2 Å². The Morgan fingerprint density at radius 1 is 0.829 bits per heavy atom. The molecule has 0 fully saturated rings. The molecule has 0 spiro atoms. The van der Waals surface area contributed by atoms with E-state index in [0.717, 1.165) is 52.8 Å². The lowest BCUT2D eigenvalue weighted by atomic mass is 9.98. The van der Waals surface area contributed by atoms with Gasteiger partial charge >= 0.3 is 0 Å². The average Bonchev–Trinajstić information content (AvgIpc) is 3.14. The molecule has 0 amide bonds. The summed E-state index contributed by atoms with van der Waals surface area (Å²) in [4.78, 5) is 0. The van der Waals surface area contributed by atoms with E-state index in [2.05, 4.69) is 77.1 Å². The highest BCUT2D eigenvalue weighted by atomic mass is 16.5. The van der Waals surface area contributed by atoms with Crippen molar-refractivity contribution >= 4 is 21.5 Å². The molecule has 0 aliphatic carbocycles. The number of nitrogens with zero attached hydrogens (tertiary/aromatic N) is 3. The van der Waals surface area contributed by atoms with Gasteiger partial charge in [-0.3, -0.25) is 0 Å². The maximum atomic E-state index is 5.77. The first-order chi connectivity index (χ1) is 17.0. The van der Waals surface area contributed by atoms with E-state index < -0.39 is 0 Å². The number of fused-ring (bicyclic) bond motifs is 2. The van der Waals surface area contributed by atoms with Crippen molar-refractivity contribution < 1.29 is 9.47 Å². The molecule has 0 bridgehead atoms. The molecule has 0 aliphatic rings. The van der Waals surface area contributed by atoms with E-state index in [-0.39, 0.29) is 0 Å². The van der Waals surface area contributed by atoms with Gasteiger partial charge < -0.3 is 14.0 Å². The molecule has 178 valence electrons. The van der Waals surface area contributed by atoms with Crippen LogP contribution in [-0.2, 0) is 12.8 Å². The topological polar surface area (TPSA) is 49.2 Å². The Balaban J connectivity index is 1.60. The highest BCUT2D eigenvalue weighted by Crippen LogP contribution is 2.36. The smallest absolute Gasteiger partial charge is 0.146 e. The van der Waals surface area contributed by atoms with Crippen LogP contribution in [0.2, 0.25) is 0 Å². The third-order valence-electron chi connectivity index (χ3n) is 6.83. The molecule has 0 radical (unpaired) electrons. The summed E-state index contributed by atoms with van der Waals surface area (Å²) in [7, 11) is 1.70. The second-order valence-corrected chi connectivity index (χ2v) is 8.89. The Labute approximate surface area is 206 Å². The average molecular weight is 466 g/mol. The van der Waals surface area contributed by atoms with E-state index >= 15 is 0 Å². The van der Waals surface area contributed by atoms with Crippen LogP contribution in [0.15, 0.2) is 60.7 Å². The Morgan fingerprint density at radius 3 is 2.40 bits per heavy atom. The fraction of sp³-hybridized carbons (Fsp3) is 0.267. The van der Waals surface area contributed by atoms with Gasteiger partial charge in [0, 0.05) is 28.2 Å². The van der Waals surface area contributed by atoms with Gasteiger partial charge in [0.25, 0.3) is 0 Å². The predicted octanol–water partition coefficient (Wildman–Crippen LogP) is 6.69. The molecule has 5 heteroatoms. The van der Waals surface area contributed by atoms with Crippen molar-refractivity contribution in [2.45, 2.75) is 40.5 Å². The predicted molar refractivity (Wildman–Crippen MR) is 142 cm³/mol. The van der Waals surface area contributed by atoms with Gasteiger partial charge in [-0.15, -0.1) is 0 Å². The number of hydrogen-bond donors (Lipinski definition) is 0. The van der Waals surface area contributed by atoms with Crippen molar-refractivity contribution in [3.05, 3.63) is 89.0 Å². The van der Waals surface area contributed by atoms with Crippen LogP contribution in [0.1, 0.15) is 35.3 Å². The molecular weight excluding hydrogens is 434 g/mol. The standard InChI is InChI=1S/C30H31N3O2/c1-6-35-24-15-17-27(28(18-24)34-5)33-20(3)29-19(2)31-32-26(30(29)21(33)4)16-14-23-12-9-11-22-10-7-8-13-25(22)23/h7-13,15,17-18H,6,14,16H2,1-5H3. The zero-order valence-electron chi connectivity index (χ0n) is 21.1. The molecule has 0 atom stereocenters. The number of aryl methyl sites for hydroxylation is 5. The van der Waals surface area contributed by atoms with Crippen LogP contribution in [0.3, 0.4) is 0 Å². The van der Waals surface area contributed by atoms with E-state index in [1.807, 2.05) is 26.0 Å². The van der Waals surface area contributed by atoms with Crippen LogP contribution >= 0.6 is 0 Å². The normalized spacial score (nSPS) is 11.3. The van der Waals surface area contributed by atoms with Crippen molar-refractivity contribution in [3.63, 3.8) is 0 Å². The van der Waals surface area contributed by atoms with Gasteiger partial charge in [0.2, 0.25) is 0 Å². The third-order valence-corrected chi connectivity index (χ3v) is 6.83. The molecular formula is C30H31N3O2. The van der Waals surface area contributed by atoms with Crippen LogP contribution in [0.5, 0.6) is 11.5 Å². The second kappa shape index (κ2) is 9.41. The molecule has 3 aromatic carbocycles. The fourth-order valence-corrected chi connectivity index (χ4v) is 5.27. The minimum atomic E-state index is 0.616. The maximum absolute atomic E-state index is 5.77. The monoisotopic (exact) mass is 465 g/mol. The number of aromatic nitrogens is 3. The summed E-state index contributed by atoms with van der Waals surface area (Å²) in [5.41, 5.74) is 6.58. The van der Waals surface area contributed by atoms with Gasteiger partial charge in [-0.25, -0.2) is 0 Å². The lowest BCUT2D eigenvalue weighted by Gasteiger charge is -2.15. The van der Waals surface area contributed by atoms with E-state index in [4.69, 9.17) is 9.47 Å². The van der Waals surface area contributed by atoms with Crippen molar-refractivity contribution in [2.24, 2.45) is 0 Å². The Kier molecular flexibility index (Phi) is 6.16. The number of rotatable bonds is 7. The fourth-order valence-electron chi connectivity index (χ4n) is 5.27. The minimum absolute atomic E-state index is 0.616. The van der Waals surface area contributed by atoms with Crippen molar-refractivity contribution in [2.75, 3.05) is 13.7 Å². The van der Waals surface area contributed by atoms with Gasteiger partial charge in [-0.2, -0.15) is 10.2 Å². The Hall–Kier alpha value is -3.86. The van der Waals surface area contributed by atoms with Gasteiger partial charge in [-0.1, -0.05) is 42.5 Å². The second-order valence-electron chi connectivity index (χ2n) is 8.89. The highest BCUT2D eigenvalue weighted by molar-refractivity contribution is 5.93. The Bertz CT molecular complexity index is 1530. The zero-order valence-corrected chi connectivity index (χ0v) is 21.1. The molecule has 2 aromatic heterocycles. The third kappa shape index (κ3) is 4.01. The molecule has 5 aromatic rings. The lowest BCUT2D eigenvalue weighted by molar-refractivity contribution is 0.336. The van der Waals surface area contributed by atoms with Crippen LogP contribution in [-0.4, -0.2) is 28.5 Å². The molecule has 0 saturated carbocycles. The number of hydrogen-bond acceptors (Lipinski definition) is 4. The Morgan fingerprint density at radius 2 is 1.60 bits per heavy atom. The first-order valence-corrected chi connectivity index (χ1v) is 12.1.